The first-order valence-corrected chi connectivity index (χ1v) is 12.3. The average molecular weight is 512 g/mol. The molecule has 2 aromatic carbocycles. The van der Waals surface area contributed by atoms with Crippen molar-refractivity contribution in [1.82, 2.24) is 0 Å². The number of hydrogen-bond donors (Lipinski definition) is 0. The number of halogens is 1. The summed E-state index contributed by atoms with van der Waals surface area (Å²) in [6.45, 7) is 2.12. The number of aryl methyl sites for hydroxylation is 1. The molecule has 29 heavy (non-hydrogen) atoms. The van der Waals surface area contributed by atoms with Crippen LogP contribution in [0.5, 0.6) is 0 Å². The van der Waals surface area contributed by atoms with E-state index in [0.29, 0.717) is 0 Å². The maximum absolute atomic E-state index is 2.46. The van der Waals surface area contributed by atoms with Gasteiger partial charge < -0.3 is 0 Å². The van der Waals surface area contributed by atoms with Gasteiger partial charge in [-0.05, 0) is 17.7 Å². The molecule has 0 saturated carbocycles. The molecule has 0 fully saturated rings. The van der Waals surface area contributed by atoms with Crippen LogP contribution < -0.4 is 4.57 Å². The van der Waals surface area contributed by atoms with Crippen LogP contribution in [0.3, 0.4) is 0 Å². The van der Waals surface area contributed by atoms with Crippen LogP contribution in [-0.4, -0.2) is 21.8 Å². The first-order chi connectivity index (χ1) is 14.3. The third kappa shape index (κ3) is 4.75. The molecular formula is C25H25IN2S+2. The highest BCUT2D eigenvalue weighted by Crippen LogP contribution is 2.23. The SMILES string of the molecule is C[n+]1c(/C=C/C=C/C=C2\C=[N+](CCCI)Cc3ccccc32)sc2ccccc21. The monoisotopic (exact) mass is 512 g/mol. The third-order valence-electron chi connectivity index (χ3n) is 5.11. The number of rotatable bonds is 6. The molecule has 1 aliphatic heterocycles. The second kappa shape index (κ2) is 9.63. The fourth-order valence-electron chi connectivity index (χ4n) is 3.64. The minimum atomic E-state index is 1.01. The molecule has 2 nitrogen and oxygen atoms in total. The summed E-state index contributed by atoms with van der Waals surface area (Å²) in [5.74, 6) is 0. The highest BCUT2D eigenvalue weighted by Gasteiger charge is 2.19. The van der Waals surface area contributed by atoms with Crippen LogP contribution in [0.25, 0.3) is 21.9 Å². The van der Waals surface area contributed by atoms with E-state index in [9.17, 15) is 0 Å². The summed E-state index contributed by atoms with van der Waals surface area (Å²) in [7, 11) is 2.13. The maximum Gasteiger partial charge on any atom is 0.262 e. The van der Waals surface area contributed by atoms with Gasteiger partial charge in [0.2, 0.25) is 5.52 Å². The molecule has 0 saturated heterocycles. The largest absolute Gasteiger partial charge is 0.262 e. The van der Waals surface area contributed by atoms with Crippen LogP contribution in [0.2, 0.25) is 0 Å². The molecule has 0 aliphatic carbocycles. The highest BCUT2D eigenvalue weighted by molar-refractivity contribution is 14.1. The van der Waals surface area contributed by atoms with Crippen molar-refractivity contribution in [2.75, 3.05) is 11.0 Å². The lowest BCUT2D eigenvalue weighted by atomic mass is 9.97. The van der Waals surface area contributed by atoms with Gasteiger partial charge in [0.1, 0.15) is 18.3 Å². The number of nitrogens with zero attached hydrogens (tertiary/aromatic N) is 2. The van der Waals surface area contributed by atoms with Crippen molar-refractivity contribution in [3.63, 3.8) is 0 Å². The molecular weight excluding hydrogens is 487 g/mol. The molecule has 0 radical (unpaired) electrons. The van der Waals surface area contributed by atoms with Crippen molar-refractivity contribution < 1.29 is 9.14 Å². The fourth-order valence-corrected chi connectivity index (χ4v) is 5.04. The van der Waals surface area contributed by atoms with E-state index in [2.05, 4.69) is 124 Å². The normalized spacial score (nSPS) is 15.5. The molecule has 2 heterocycles. The second-order valence-electron chi connectivity index (χ2n) is 7.13. The average Bonchev–Trinajstić information content (AvgIpc) is 3.07. The molecule has 0 amide bonds. The topological polar surface area (TPSA) is 6.89 Å². The predicted octanol–water partition coefficient (Wildman–Crippen LogP) is 5.80. The number of alkyl halides is 1. The molecule has 1 aliphatic rings. The zero-order chi connectivity index (χ0) is 20.1. The third-order valence-corrected chi connectivity index (χ3v) is 7.06. The molecule has 0 spiro atoms. The van der Waals surface area contributed by atoms with Gasteiger partial charge >= 0.3 is 0 Å². The van der Waals surface area contributed by atoms with Crippen LogP contribution in [0.4, 0.5) is 0 Å². The number of hydrogen-bond acceptors (Lipinski definition) is 1. The van der Waals surface area contributed by atoms with Gasteiger partial charge in [-0.15, -0.1) is 0 Å². The zero-order valence-electron chi connectivity index (χ0n) is 16.6. The Bertz CT molecular complexity index is 1130. The van der Waals surface area contributed by atoms with Crippen molar-refractivity contribution >= 4 is 62.0 Å². The number of thiazole rings is 1. The van der Waals surface area contributed by atoms with Gasteiger partial charge in [0.25, 0.3) is 5.01 Å². The first-order valence-electron chi connectivity index (χ1n) is 9.92. The first kappa shape index (κ1) is 20.2. The van der Waals surface area contributed by atoms with Crippen LogP contribution in [0, 0.1) is 0 Å². The summed E-state index contributed by atoms with van der Waals surface area (Å²) in [4.78, 5) is 0. The van der Waals surface area contributed by atoms with Crippen molar-refractivity contribution in [2.24, 2.45) is 7.05 Å². The lowest BCUT2D eigenvalue weighted by Crippen LogP contribution is -2.28. The summed E-state index contributed by atoms with van der Waals surface area (Å²) in [5.41, 5.74) is 5.33. The lowest BCUT2D eigenvalue weighted by molar-refractivity contribution is -0.642. The van der Waals surface area contributed by atoms with Crippen LogP contribution in [-0.2, 0) is 13.6 Å². The van der Waals surface area contributed by atoms with E-state index >= 15 is 0 Å². The van der Waals surface area contributed by atoms with Gasteiger partial charge in [0.05, 0.1) is 0 Å². The summed E-state index contributed by atoms with van der Waals surface area (Å²) in [6, 6.07) is 17.3. The number of benzene rings is 2. The quantitative estimate of drug-likeness (QED) is 0.171. The van der Waals surface area contributed by atoms with Gasteiger partial charge in [-0.25, -0.2) is 4.58 Å². The molecule has 1 aromatic heterocycles. The Labute approximate surface area is 190 Å². The standard InChI is InChI=1S/C25H25IN2S/c1-27-23-13-7-8-14-24(23)29-25(27)15-4-2-3-10-20-18-28(17-9-16-26)19-21-11-5-6-12-22(20)21/h2-8,10-15,18H,9,16-17,19H2,1H3/q+2/b3-2+,15-4+,20-10+. The van der Waals surface area contributed by atoms with Crippen LogP contribution in [0.1, 0.15) is 22.6 Å². The minimum absolute atomic E-state index is 1.01. The fraction of sp³-hybridized carbons (Fsp3) is 0.200. The molecule has 0 bridgehead atoms. The minimum Gasteiger partial charge on any atom is -0.231 e. The summed E-state index contributed by atoms with van der Waals surface area (Å²) in [6.07, 6.45) is 14.3. The summed E-state index contributed by atoms with van der Waals surface area (Å²) < 4.78 is 7.20. The highest BCUT2D eigenvalue weighted by atomic mass is 127. The molecule has 4 rings (SSSR count). The van der Waals surface area contributed by atoms with Gasteiger partial charge in [0, 0.05) is 34.1 Å². The van der Waals surface area contributed by atoms with E-state index < -0.39 is 0 Å². The lowest BCUT2D eigenvalue weighted by Gasteiger charge is -2.14. The molecule has 146 valence electrons. The van der Waals surface area contributed by atoms with E-state index in [1.807, 2.05) is 11.3 Å². The number of aromatic nitrogens is 1. The van der Waals surface area contributed by atoms with Crippen LogP contribution in [0.15, 0.2) is 72.8 Å². The Balaban J connectivity index is 1.53. The van der Waals surface area contributed by atoms with Crippen molar-refractivity contribution in [1.29, 1.82) is 0 Å². The number of allylic oxidation sites excluding steroid dienone is 5. The molecule has 0 unspecified atom stereocenters. The summed E-state index contributed by atoms with van der Waals surface area (Å²) >= 11 is 4.28. The Morgan fingerprint density at radius 2 is 1.86 bits per heavy atom. The van der Waals surface area contributed by atoms with Crippen molar-refractivity contribution in [3.05, 3.63) is 89.0 Å². The Morgan fingerprint density at radius 1 is 1.03 bits per heavy atom. The number of fused-ring (bicyclic) bond motifs is 2. The van der Waals surface area contributed by atoms with E-state index in [1.165, 1.54) is 42.8 Å². The zero-order valence-corrected chi connectivity index (χ0v) is 19.6. The number of para-hydroxylation sites is 1. The molecule has 0 N–H and O–H groups in total. The Morgan fingerprint density at radius 3 is 2.72 bits per heavy atom. The second-order valence-corrected chi connectivity index (χ2v) is 9.27. The van der Waals surface area contributed by atoms with E-state index in [0.717, 1.165) is 13.1 Å². The Kier molecular flexibility index (Phi) is 6.72. The molecule has 4 heteroatoms. The van der Waals surface area contributed by atoms with Gasteiger partial charge in [-0.3, -0.25) is 0 Å². The van der Waals surface area contributed by atoms with Gasteiger partial charge in [-0.1, -0.05) is 88.6 Å². The smallest absolute Gasteiger partial charge is 0.231 e. The van der Waals surface area contributed by atoms with E-state index in [-0.39, 0.29) is 0 Å². The molecule has 3 aromatic rings. The van der Waals surface area contributed by atoms with Crippen LogP contribution >= 0.6 is 33.9 Å². The van der Waals surface area contributed by atoms with Gasteiger partial charge in [0.15, 0.2) is 12.8 Å². The van der Waals surface area contributed by atoms with Crippen molar-refractivity contribution in [3.8, 4) is 0 Å². The summed E-state index contributed by atoms with van der Waals surface area (Å²) in [5, 5.41) is 1.25. The maximum atomic E-state index is 2.46. The van der Waals surface area contributed by atoms with Gasteiger partial charge in [-0.2, -0.15) is 4.57 Å². The van der Waals surface area contributed by atoms with Crippen molar-refractivity contribution in [2.45, 2.75) is 13.0 Å². The Hall–Kier alpha value is -2.05. The molecule has 0 atom stereocenters. The predicted molar refractivity (Wildman–Crippen MR) is 134 cm³/mol. The van der Waals surface area contributed by atoms with E-state index in [4.69, 9.17) is 0 Å². The van der Waals surface area contributed by atoms with E-state index in [1.54, 1.807) is 0 Å².